The summed E-state index contributed by atoms with van der Waals surface area (Å²) < 4.78 is 1.77. The Labute approximate surface area is 154 Å². The molecule has 136 valence electrons. The molecule has 0 radical (unpaired) electrons. The van der Waals surface area contributed by atoms with Crippen LogP contribution in [0.25, 0.3) is 11.0 Å². The number of fused-ring (bicyclic) bond motifs is 2. The lowest BCUT2D eigenvalue weighted by Crippen LogP contribution is -2.40. The van der Waals surface area contributed by atoms with Crippen LogP contribution in [0.2, 0.25) is 0 Å². The number of amides is 1. The summed E-state index contributed by atoms with van der Waals surface area (Å²) >= 11 is 0. The van der Waals surface area contributed by atoms with Crippen LogP contribution in [-0.2, 0) is 24.9 Å². The van der Waals surface area contributed by atoms with Crippen LogP contribution < -0.4 is 0 Å². The number of hydrogen-bond donors (Lipinski definition) is 1. The highest BCUT2D eigenvalue weighted by atomic mass is 16.2. The molecule has 1 aliphatic heterocycles. The third-order valence-electron chi connectivity index (χ3n) is 4.92. The maximum absolute atomic E-state index is 12.9. The van der Waals surface area contributed by atoms with Crippen LogP contribution in [0.1, 0.15) is 22.9 Å². The molecule has 0 bridgehead atoms. The highest BCUT2D eigenvalue weighted by molar-refractivity contribution is 5.77. The molecule has 9 heteroatoms. The summed E-state index contributed by atoms with van der Waals surface area (Å²) in [5, 5.41) is 13.0. The average Bonchev–Trinajstić information content (AvgIpc) is 3.39. The summed E-state index contributed by atoms with van der Waals surface area (Å²) in [5.41, 5.74) is 4.56. The maximum Gasteiger partial charge on any atom is 0.246 e. The summed E-state index contributed by atoms with van der Waals surface area (Å²) in [6.45, 7) is 1.17. The number of imidazole rings is 1. The number of H-pyrrole nitrogens is 1. The molecule has 27 heavy (non-hydrogen) atoms. The fourth-order valence-electron chi connectivity index (χ4n) is 3.59. The Morgan fingerprint density at radius 1 is 1.26 bits per heavy atom. The van der Waals surface area contributed by atoms with Crippen LogP contribution in [0.5, 0.6) is 0 Å². The van der Waals surface area contributed by atoms with Crippen LogP contribution in [0, 0.1) is 0 Å². The average molecular weight is 362 g/mol. The molecule has 4 aromatic rings. The molecule has 9 nitrogen and oxygen atoms in total. The van der Waals surface area contributed by atoms with E-state index in [1.54, 1.807) is 11.0 Å². The second-order valence-corrected chi connectivity index (χ2v) is 6.76. The first-order valence-electron chi connectivity index (χ1n) is 8.76. The minimum Gasteiger partial charge on any atom is -0.347 e. The van der Waals surface area contributed by atoms with Gasteiger partial charge in [0.15, 0.2) is 0 Å². The largest absolute Gasteiger partial charge is 0.347 e. The van der Waals surface area contributed by atoms with Gasteiger partial charge in [-0.25, -0.2) is 4.98 Å². The van der Waals surface area contributed by atoms with Gasteiger partial charge in [-0.2, -0.15) is 20.1 Å². The normalized spacial score (nSPS) is 16.6. The van der Waals surface area contributed by atoms with Crippen molar-refractivity contribution in [3.63, 3.8) is 0 Å². The highest BCUT2D eigenvalue weighted by Gasteiger charge is 2.32. The lowest BCUT2D eigenvalue weighted by Gasteiger charge is -2.31. The lowest BCUT2D eigenvalue weighted by atomic mass is 9.93. The zero-order chi connectivity index (χ0) is 18.4. The van der Waals surface area contributed by atoms with Gasteiger partial charge in [-0.05, 0) is 12.1 Å². The number of nitrogens with one attached hydrogen (secondary N) is 1. The van der Waals surface area contributed by atoms with Gasteiger partial charge in [0.25, 0.3) is 0 Å². The number of aromatic amines is 1. The molecule has 1 unspecified atom stereocenters. The third kappa shape index (κ3) is 2.77. The van der Waals surface area contributed by atoms with E-state index in [4.69, 9.17) is 0 Å². The number of carbonyl (C=O) groups excluding carboxylic acids is 1. The molecule has 0 aliphatic carbocycles. The summed E-state index contributed by atoms with van der Waals surface area (Å²) in [4.78, 5) is 23.9. The molecule has 1 atom stereocenters. The van der Waals surface area contributed by atoms with Gasteiger partial charge in [0.05, 0.1) is 30.5 Å². The highest BCUT2D eigenvalue weighted by Crippen LogP contribution is 2.31. The number of carbonyl (C=O) groups is 1. The second kappa shape index (κ2) is 6.04. The quantitative estimate of drug-likeness (QED) is 0.588. The van der Waals surface area contributed by atoms with Crippen LogP contribution in [0.3, 0.4) is 0 Å². The zero-order valence-corrected chi connectivity index (χ0v) is 14.8. The van der Waals surface area contributed by atoms with Crippen molar-refractivity contribution in [2.45, 2.75) is 19.0 Å². The smallest absolute Gasteiger partial charge is 0.246 e. The van der Waals surface area contributed by atoms with Gasteiger partial charge in [-0.3, -0.25) is 9.48 Å². The van der Waals surface area contributed by atoms with E-state index < -0.39 is 0 Å². The molecule has 1 aromatic carbocycles. The maximum atomic E-state index is 12.9. The van der Waals surface area contributed by atoms with Crippen molar-refractivity contribution >= 4 is 16.9 Å². The van der Waals surface area contributed by atoms with Crippen molar-refractivity contribution < 1.29 is 4.79 Å². The van der Waals surface area contributed by atoms with Gasteiger partial charge in [0.2, 0.25) is 5.91 Å². The van der Waals surface area contributed by atoms with E-state index in [-0.39, 0.29) is 18.4 Å². The fraction of sp³-hybridized carbons (Fsp3) is 0.278. The summed E-state index contributed by atoms with van der Waals surface area (Å²) in [6.07, 6.45) is 5.49. The Hall–Kier alpha value is -3.49. The monoisotopic (exact) mass is 362 g/mol. The van der Waals surface area contributed by atoms with Crippen molar-refractivity contribution in [2.75, 3.05) is 6.54 Å². The number of hydrogen-bond acceptors (Lipinski definition) is 5. The molecule has 3 aromatic heterocycles. The number of aromatic nitrogens is 7. The first-order valence-corrected chi connectivity index (χ1v) is 8.76. The second-order valence-electron chi connectivity index (χ2n) is 6.76. The SMILES string of the molecule is Cn1cc(C2CN(C(=O)Cn3nc4ccccc4n3)Cc3[nH]cnc32)cn1. The number of aryl methyl sites for hydroxylation is 1. The van der Waals surface area contributed by atoms with Gasteiger partial charge in [-0.15, -0.1) is 0 Å². The minimum absolute atomic E-state index is 0.00213. The third-order valence-corrected chi connectivity index (χ3v) is 4.92. The molecule has 1 N–H and O–H groups in total. The number of rotatable bonds is 3. The molecule has 5 rings (SSSR count). The molecular weight excluding hydrogens is 344 g/mol. The number of nitrogens with zero attached hydrogens (tertiary/aromatic N) is 7. The Morgan fingerprint density at radius 3 is 2.74 bits per heavy atom. The van der Waals surface area contributed by atoms with Crippen LogP contribution in [0.4, 0.5) is 0 Å². The van der Waals surface area contributed by atoms with E-state index in [0.29, 0.717) is 13.1 Å². The molecular formula is C18H18N8O. The van der Waals surface area contributed by atoms with Crippen LogP contribution in [0.15, 0.2) is 43.0 Å². The Balaban J connectivity index is 1.40. The first-order chi connectivity index (χ1) is 13.2. The molecule has 0 fully saturated rings. The van der Waals surface area contributed by atoms with Crippen molar-refractivity contribution in [3.05, 3.63) is 59.9 Å². The zero-order valence-electron chi connectivity index (χ0n) is 14.8. The molecule has 0 spiro atoms. The Kier molecular flexibility index (Phi) is 3.52. The molecule has 1 amide bonds. The minimum atomic E-state index is -0.0237. The van der Waals surface area contributed by atoms with E-state index in [1.165, 1.54) is 4.80 Å². The van der Waals surface area contributed by atoms with E-state index in [2.05, 4.69) is 25.3 Å². The van der Waals surface area contributed by atoms with E-state index in [9.17, 15) is 4.79 Å². The summed E-state index contributed by atoms with van der Waals surface area (Å²) in [5.74, 6) is -0.0215. The van der Waals surface area contributed by atoms with Gasteiger partial charge >= 0.3 is 0 Å². The fourth-order valence-corrected chi connectivity index (χ4v) is 3.59. The van der Waals surface area contributed by atoms with Crippen molar-refractivity contribution in [3.8, 4) is 0 Å². The van der Waals surface area contributed by atoms with Crippen molar-refractivity contribution in [2.24, 2.45) is 7.05 Å². The molecule has 4 heterocycles. The van der Waals surface area contributed by atoms with Gasteiger partial charge < -0.3 is 9.88 Å². The lowest BCUT2D eigenvalue weighted by molar-refractivity contribution is -0.133. The van der Waals surface area contributed by atoms with Crippen LogP contribution in [-0.4, -0.2) is 52.1 Å². The molecule has 0 saturated heterocycles. The summed E-state index contributed by atoms with van der Waals surface area (Å²) in [6, 6.07) is 7.59. The van der Waals surface area contributed by atoms with Crippen LogP contribution >= 0.6 is 0 Å². The topological polar surface area (TPSA) is 97.5 Å². The summed E-state index contributed by atoms with van der Waals surface area (Å²) in [7, 11) is 1.88. The number of benzene rings is 1. The van der Waals surface area contributed by atoms with E-state index in [1.807, 2.05) is 48.6 Å². The van der Waals surface area contributed by atoms with E-state index in [0.717, 1.165) is 28.0 Å². The van der Waals surface area contributed by atoms with E-state index >= 15 is 0 Å². The molecule has 0 saturated carbocycles. The van der Waals surface area contributed by atoms with Gasteiger partial charge in [0.1, 0.15) is 17.6 Å². The van der Waals surface area contributed by atoms with Crippen molar-refractivity contribution in [1.29, 1.82) is 0 Å². The predicted molar refractivity (Wildman–Crippen MR) is 96.6 cm³/mol. The Morgan fingerprint density at radius 2 is 2.04 bits per heavy atom. The standard InChI is InChI=1S/C18H18N8O/c1-24-7-12(6-21-24)13-8-25(9-16-18(13)20-11-19-16)17(27)10-26-22-14-4-2-3-5-15(14)23-26/h2-7,11,13H,8-10H2,1H3,(H,19,20). The first kappa shape index (κ1) is 15.7. The van der Waals surface area contributed by atoms with Gasteiger partial charge in [-0.1, -0.05) is 12.1 Å². The Bertz CT molecular complexity index is 1090. The van der Waals surface area contributed by atoms with Gasteiger partial charge in [0, 0.05) is 31.3 Å². The van der Waals surface area contributed by atoms with Crippen molar-refractivity contribution in [1.82, 2.24) is 39.6 Å². The predicted octanol–water partition coefficient (Wildman–Crippen LogP) is 1.06. The molecule has 1 aliphatic rings.